The molecule has 0 aromatic heterocycles. The van der Waals surface area contributed by atoms with Crippen LogP contribution in [0.2, 0.25) is 0 Å². The van der Waals surface area contributed by atoms with Crippen LogP contribution in [0, 0.1) is 0 Å². The Morgan fingerprint density at radius 1 is 1.32 bits per heavy atom. The number of hydrogen-bond donors (Lipinski definition) is 3. The molecular weight excluding hydrogens is 266 g/mol. The fourth-order valence-corrected chi connectivity index (χ4v) is 3.10. The molecule has 1 atom stereocenters. The summed E-state index contributed by atoms with van der Waals surface area (Å²) in [6.45, 7) is 1.77. The third-order valence-electron chi connectivity index (χ3n) is 2.68. The van der Waals surface area contributed by atoms with Gasteiger partial charge < -0.3 is 11.1 Å². The second-order valence-corrected chi connectivity index (χ2v) is 5.94. The number of nitrogens with one attached hydrogen (secondary N) is 2. The Labute approximate surface area is 113 Å². The van der Waals surface area contributed by atoms with E-state index in [0.29, 0.717) is 5.56 Å². The number of benzene rings is 1. The molecule has 0 heterocycles. The maximum atomic E-state index is 12.0. The van der Waals surface area contributed by atoms with Crippen LogP contribution in [0.3, 0.4) is 0 Å². The van der Waals surface area contributed by atoms with E-state index in [1.54, 1.807) is 24.3 Å². The van der Waals surface area contributed by atoms with E-state index < -0.39 is 16.1 Å². The highest BCUT2D eigenvalue weighted by molar-refractivity contribution is 7.88. The van der Waals surface area contributed by atoms with Crippen molar-refractivity contribution in [3.63, 3.8) is 0 Å². The second kappa shape index (κ2) is 6.65. The van der Waals surface area contributed by atoms with Gasteiger partial charge in [0.1, 0.15) is 0 Å². The summed E-state index contributed by atoms with van der Waals surface area (Å²) >= 11 is 0. The lowest BCUT2D eigenvalue weighted by molar-refractivity contribution is -0.121. The molecule has 0 saturated carbocycles. The van der Waals surface area contributed by atoms with E-state index in [0.717, 1.165) is 5.56 Å². The highest BCUT2D eigenvalue weighted by atomic mass is 32.2. The van der Waals surface area contributed by atoms with Crippen LogP contribution in [-0.2, 0) is 27.1 Å². The van der Waals surface area contributed by atoms with Crippen molar-refractivity contribution in [2.24, 2.45) is 5.73 Å². The van der Waals surface area contributed by atoms with Crippen LogP contribution in [0.25, 0.3) is 0 Å². The van der Waals surface area contributed by atoms with Gasteiger partial charge in [-0.15, -0.1) is 0 Å². The molecule has 0 radical (unpaired) electrons. The first-order chi connectivity index (χ1) is 8.89. The highest BCUT2D eigenvalue weighted by Gasteiger charge is 2.20. The summed E-state index contributed by atoms with van der Waals surface area (Å²) in [7, 11) is -2.13. The van der Waals surface area contributed by atoms with Crippen molar-refractivity contribution >= 4 is 15.9 Å². The number of rotatable bonds is 6. The lowest BCUT2D eigenvalue weighted by Gasteiger charge is -2.14. The number of sulfonamides is 1. The van der Waals surface area contributed by atoms with Crippen LogP contribution in [-0.4, -0.2) is 27.4 Å². The predicted octanol–water partition coefficient (Wildman–Crippen LogP) is -0.301. The first-order valence-corrected chi connectivity index (χ1v) is 7.53. The number of likely N-dealkylation sites (N-methyl/N-ethyl adjacent to an activating group) is 1. The fourth-order valence-electron chi connectivity index (χ4n) is 1.68. The van der Waals surface area contributed by atoms with Crippen LogP contribution < -0.4 is 15.8 Å². The monoisotopic (exact) mass is 285 g/mol. The molecule has 4 N–H and O–H groups in total. The second-order valence-electron chi connectivity index (χ2n) is 4.19. The zero-order chi connectivity index (χ0) is 14.5. The van der Waals surface area contributed by atoms with E-state index in [2.05, 4.69) is 10.0 Å². The summed E-state index contributed by atoms with van der Waals surface area (Å²) in [5.41, 5.74) is 6.98. The van der Waals surface area contributed by atoms with E-state index in [1.165, 1.54) is 14.0 Å². The van der Waals surface area contributed by atoms with Crippen molar-refractivity contribution in [2.75, 3.05) is 7.05 Å². The minimum atomic E-state index is -3.59. The fraction of sp³-hybridized carbons (Fsp3) is 0.417. The average molecular weight is 285 g/mol. The molecule has 0 aliphatic rings. The van der Waals surface area contributed by atoms with E-state index in [-0.39, 0.29) is 18.2 Å². The maximum Gasteiger partial charge on any atom is 0.237 e. The number of amides is 1. The van der Waals surface area contributed by atoms with Gasteiger partial charge in [-0.1, -0.05) is 24.3 Å². The highest BCUT2D eigenvalue weighted by Crippen LogP contribution is 2.11. The van der Waals surface area contributed by atoms with Crippen LogP contribution >= 0.6 is 0 Å². The predicted molar refractivity (Wildman–Crippen MR) is 73.6 cm³/mol. The molecule has 0 bridgehead atoms. The Bertz CT molecular complexity index is 543. The first-order valence-electron chi connectivity index (χ1n) is 5.88. The number of carbonyl (C=O) groups excluding carboxylic acids is 1. The molecule has 106 valence electrons. The Balaban J connectivity index is 2.82. The maximum absolute atomic E-state index is 12.0. The van der Waals surface area contributed by atoms with Gasteiger partial charge in [0.05, 0.1) is 11.8 Å². The van der Waals surface area contributed by atoms with Crippen molar-refractivity contribution in [2.45, 2.75) is 25.3 Å². The van der Waals surface area contributed by atoms with Gasteiger partial charge in [0.25, 0.3) is 0 Å². The molecular formula is C12H19N3O3S. The Morgan fingerprint density at radius 2 is 1.89 bits per heavy atom. The molecule has 0 aliphatic heterocycles. The van der Waals surface area contributed by atoms with Gasteiger partial charge in [0.2, 0.25) is 15.9 Å². The molecule has 0 spiro atoms. The van der Waals surface area contributed by atoms with E-state index in [9.17, 15) is 13.2 Å². The largest absolute Gasteiger partial charge is 0.358 e. The van der Waals surface area contributed by atoms with Gasteiger partial charge in [0.15, 0.2) is 0 Å². The summed E-state index contributed by atoms with van der Waals surface area (Å²) in [6.07, 6.45) is 0. The van der Waals surface area contributed by atoms with Crippen molar-refractivity contribution in [1.29, 1.82) is 0 Å². The van der Waals surface area contributed by atoms with Crippen LogP contribution in [0.4, 0.5) is 0 Å². The molecule has 6 nitrogen and oxygen atoms in total. The topological polar surface area (TPSA) is 101 Å². The SMILES string of the molecule is CNC(=O)C(C)NS(=O)(=O)Cc1ccccc1CN. The average Bonchev–Trinajstić information content (AvgIpc) is 2.37. The van der Waals surface area contributed by atoms with Gasteiger partial charge in [0, 0.05) is 13.6 Å². The van der Waals surface area contributed by atoms with Gasteiger partial charge in [-0.25, -0.2) is 13.1 Å². The molecule has 1 amide bonds. The zero-order valence-electron chi connectivity index (χ0n) is 11.0. The lowest BCUT2D eigenvalue weighted by atomic mass is 10.1. The molecule has 0 saturated heterocycles. The van der Waals surface area contributed by atoms with E-state index in [1.807, 2.05) is 0 Å². The van der Waals surface area contributed by atoms with Gasteiger partial charge in [-0.05, 0) is 18.1 Å². The quantitative estimate of drug-likeness (QED) is 0.668. The molecule has 0 fully saturated rings. The summed E-state index contributed by atoms with van der Waals surface area (Å²) in [4.78, 5) is 11.3. The Hall–Kier alpha value is -1.44. The standard InChI is InChI=1S/C12H19N3O3S/c1-9(12(16)14-2)15-19(17,18)8-11-6-4-3-5-10(11)7-13/h3-6,9,15H,7-8,13H2,1-2H3,(H,14,16). The number of nitrogens with two attached hydrogens (primary N) is 1. The molecule has 1 unspecified atom stereocenters. The third kappa shape index (κ3) is 4.62. The molecule has 0 aliphatic carbocycles. The minimum absolute atomic E-state index is 0.193. The Morgan fingerprint density at radius 3 is 2.42 bits per heavy atom. The summed E-state index contributed by atoms with van der Waals surface area (Å²) in [5, 5.41) is 2.39. The lowest BCUT2D eigenvalue weighted by Crippen LogP contribution is -2.43. The van der Waals surface area contributed by atoms with Crippen LogP contribution in [0.15, 0.2) is 24.3 Å². The minimum Gasteiger partial charge on any atom is -0.358 e. The first kappa shape index (κ1) is 15.6. The summed E-state index contributed by atoms with van der Waals surface area (Å²) < 4.78 is 26.3. The van der Waals surface area contributed by atoms with Gasteiger partial charge >= 0.3 is 0 Å². The molecule has 7 heteroatoms. The number of hydrogen-bond acceptors (Lipinski definition) is 4. The van der Waals surface area contributed by atoms with Gasteiger partial charge in [-0.2, -0.15) is 0 Å². The number of carbonyl (C=O) groups is 1. The molecule has 1 aromatic rings. The molecule has 1 rings (SSSR count). The normalized spacial score (nSPS) is 13.0. The van der Waals surface area contributed by atoms with Gasteiger partial charge in [-0.3, -0.25) is 4.79 Å². The van der Waals surface area contributed by atoms with Crippen molar-refractivity contribution in [3.8, 4) is 0 Å². The van der Waals surface area contributed by atoms with Crippen molar-refractivity contribution < 1.29 is 13.2 Å². The summed E-state index contributed by atoms with van der Waals surface area (Å²) in [5.74, 6) is -0.572. The van der Waals surface area contributed by atoms with E-state index in [4.69, 9.17) is 5.73 Å². The molecule has 1 aromatic carbocycles. The van der Waals surface area contributed by atoms with E-state index >= 15 is 0 Å². The third-order valence-corrected chi connectivity index (χ3v) is 4.08. The van der Waals surface area contributed by atoms with Crippen molar-refractivity contribution in [1.82, 2.24) is 10.0 Å². The van der Waals surface area contributed by atoms with Crippen molar-refractivity contribution in [3.05, 3.63) is 35.4 Å². The summed E-state index contributed by atoms with van der Waals surface area (Å²) in [6, 6.07) is 6.25. The van der Waals surface area contributed by atoms with Crippen LogP contribution in [0.1, 0.15) is 18.1 Å². The zero-order valence-corrected chi connectivity index (χ0v) is 11.8. The van der Waals surface area contributed by atoms with Crippen LogP contribution in [0.5, 0.6) is 0 Å². The smallest absolute Gasteiger partial charge is 0.237 e. The Kier molecular flexibility index (Phi) is 5.46. The molecule has 19 heavy (non-hydrogen) atoms.